The van der Waals surface area contributed by atoms with Gasteiger partial charge < -0.3 is 15.0 Å². The van der Waals surface area contributed by atoms with Crippen molar-refractivity contribution in [3.05, 3.63) is 64.6 Å². The van der Waals surface area contributed by atoms with E-state index in [-0.39, 0.29) is 5.91 Å². The van der Waals surface area contributed by atoms with Crippen LogP contribution in [0, 0.1) is 0 Å². The van der Waals surface area contributed by atoms with Gasteiger partial charge in [0.05, 0.1) is 10.7 Å². The number of nitrogens with one attached hydrogen (secondary N) is 1. The molecule has 172 valence electrons. The Morgan fingerprint density at radius 1 is 0.970 bits per heavy atom. The topological polar surface area (TPSA) is 67.3 Å². The number of hydrogen-bond donors (Lipinski definition) is 1. The molecule has 0 spiro atoms. The van der Waals surface area contributed by atoms with E-state index in [9.17, 15) is 4.79 Å². The second kappa shape index (κ2) is 10.9. The quantitative estimate of drug-likeness (QED) is 0.448. The lowest BCUT2D eigenvalue weighted by atomic mass is 10.1. The zero-order valence-corrected chi connectivity index (χ0v) is 19.9. The molecule has 1 amide bonds. The zero-order chi connectivity index (χ0) is 23.2. The highest BCUT2D eigenvalue weighted by atomic mass is 35.5. The molecule has 1 fully saturated rings. The van der Waals surface area contributed by atoms with Crippen LogP contribution in [0.2, 0.25) is 10.0 Å². The molecule has 6 nitrogen and oxygen atoms in total. The highest BCUT2D eigenvalue weighted by Crippen LogP contribution is 2.28. The number of aromatic nitrogens is 2. The lowest BCUT2D eigenvalue weighted by molar-refractivity contribution is -0.122. The molecule has 33 heavy (non-hydrogen) atoms. The van der Waals surface area contributed by atoms with E-state index in [2.05, 4.69) is 20.4 Å². The lowest BCUT2D eigenvalue weighted by Gasteiger charge is -2.20. The van der Waals surface area contributed by atoms with Gasteiger partial charge in [-0.1, -0.05) is 48.2 Å². The molecular formula is C25H26Cl2N4O2. The molecule has 1 atom stereocenters. The summed E-state index contributed by atoms with van der Waals surface area (Å²) in [4.78, 5) is 14.8. The Morgan fingerprint density at radius 2 is 1.70 bits per heavy atom. The molecule has 3 aromatic rings. The third kappa shape index (κ3) is 6.15. The molecule has 0 aliphatic carbocycles. The Bertz CT molecular complexity index is 1080. The average molecular weight is 485 g/mol. The fourth-order valence-electron chi connectivity index (χ4n) is 3.73. The molecule has 0 saturated carbocycles. The summed E-state index contributed by atoms with van der Waals surface area (Å²) in [6.45, 7) is 3.74. The Labute approximate surface area is 203 Å². The van der Waals surface area contributed by atoms with Crippen LogP contribution >= 0.6 is 23.2 Å². The molecule has 2 aromatic carbocycles. The van der Waals surface area contributed by atoms with Gasteiger partial charge in [-0.05, 0) is 62.2 Å². The molecule has 8 heteroatoms. The summed E-state index contributed by atoms with van der Waals surface area (Å²) in [5.74, 6) is 1.05. The van der Waals surface area contributed by atoms with Gasteiger partial charge in [0.1, 0.15) is 5.75 Å². The zero-order valence-electron chi connectivity index (χ0n) is 18.4. The van der Waals surface area contributed by atoms with Crippen LogP contribution in [0.3, 0.4) is 0 Å². The van der Waals surface area contributed by atoms with E-state index in [1.165, 1.54) is 25.7 Å². The molecule has 1 aliphatic heterocycles. The van der Waals surface area contributed by atoms with Gasteiger partial charge in [-0.25, -0.2) is 0 Å². The third-order valence-corrected chi connectivity index (χ3v) is 6.13. The first-order valence-corrected chi connectivity index (χ1v) is 11.9. The first kappa shape index (κ1) is 23.3. The highest BCUT2D eigenvalue weighted by molar-refractivity contribution is 6.35. The van der Waals surface area contributed by atoms with E-state index in [0.29, 0.717) is 21.5 Å². The molecule has 2 heterocycles. The van der Waals surface area contributed by atoms with Crippen molar-refractivity contribution in [2.24, 2.45) is 0 Å². The molecular weight excluding hydrogens is 459 g/mol. The molecule has 1 N–H and O–H groups in total. The molecule has 1 saturated heterocycles. The van der Waals surface area contributed by atoms with E-state index in [1.807, 2.05) is 36.4 Å². The van der Waals surface area contributed by atoms with E-state index in [4.69, 9.17) is 27.9 Å². The minimum atomic E-state index is -0.735. The van der Waals surface area contributed by atoms with E-state index in [0.717, 1.165) is 30.2 Å². The van der Waals surface area contributed by atoms with Crippen LogP contribution in [-0.2, 0) is 4.79 Å². The van der Waals surface area contributed by atoms with E-state index in [1.54, 1.807) is 25.1 Å². The predicted octanol–water partition coefficient (Wildman–Crippen LogP) is 6.24. The first-order chi connectivity index (χ1) is 16.0. The van der Waals surface area contributed by atoms with Gasteiger partial charge in [-0.2, -0.15) is 0 Å². The summed E-state index contributed by atoms with van der Waals surface area (Å²) >= 11 is 12.0. The fraction of sp³-hybridized carbons (Fsp3) is 0.320. The van der Waals surface area contributed by atoms with Crippen LogP contribution in [0.4, 0.5) is 11.5 Å². The Hall–Kier alpha value is -2.83. The Kier molecular flexibility index (Phi) is 7.68. The van der Waals surface area contributed by atoms with Crippen LogP contribution in [0.5, 0.6) is 5.75 Å². The maximum atomic E-state index is 12.5. The number of rotatable bonds is 6. The number of anilines is 2. The van der Waals surface area contributed by atoms with Crippen molar-refractivity contribution >= 4 is 40.6 Å². The molecule has 4 rings (SSSR count). The predicted molar refractivity (Wildman–Crippen MR) is 133 cm³/mol. The summed E-state index contributed by atoms with van der Waals surface area (Å²) in [5.41, 5.74) is 2.39. The minimum absolute atomic E-state index is 0.282. The second-order valence-electron chi connectivity index (χ2n) is 8.08. The lowest BCUT2D eigenvalue weighted by Crippen LogP contribution is -2.30. The summed E-state index contributed by atoms with van der Waals surface area (Å²) in [6.07, 6.45) is 4.23. The minimum Gasteiger partial charge on any atom is -0.479 e. The molecule has 1 aliphatic rings. The monoisotopic (exact) mass is 484 g/mol. The van der Waals surface area contributed by atoms with Crippen LogP contribution in [0.1, 0.15) is 32.6 Å². The standard InChI is InChI=1S/C25H26Cl2N4O2/c1-17(33-23-12-8-19(26)16-21(23)27)25(32)28-20-9-6-18(7-10-20)22-11-13-24(30-29-22)31-14-4-2-3-5-15-31/h6-13,16-17H,2-5,14-15H2,1H3,(H,28,32). The van der Waals surface area contributed by atoms with Crippen molar-refractivity contribution in [1.82, 2.24) is 10.2 Å². The smallest absolute Gasteiger partial charge is 0.265 e. The van der Waals surface area contributed by atoms with Crippen LogP contribution < -0.4 is 15.0 Å². The maximum Gasteiger partial charge on any atom is 0.265 e. The number of nitrogens with zero attached hydrogens (tertiary/aromatic N) is 3. The van der Waals surface area contributed by atoms with Gasteiger partial charge in [-0.3, -0.25) is 4.79 Å². The fourth-order valence-corrected chi connectivity index (χ4v) is 4.18. The van der Waals surface area contributed by atoms with Gasteiger partial charge >= 0.3 is 0 Å². The van der Waals surface area contributed by atoms with Gasteiger partial charge in [0, 0.05) is 29.4 Å². The summed E-state index contributed by atoms with van der Waals surface area (Å²) in [7, 11) is 0. The van der Waals surface area contributed by atoms with Crippen molar-refractivity contribution < 1.29 is 9.53 Å². The van der Waals surface area contributed by atoms with Crippen molar-refractivity contribution in [1.29, 1.82) is 0 Å². The summed E-state index contributed by atoms with van der Waals surface area (Å²) in [5, 5.41) is 12.6. The maximum absolute atomic E-state index is 12.5. The number of carbonyl (C=O) groups excluding carboxylic acids is 1. The average Bonchev–Trinajstić information content (AvgIpc) is 3.11. The van der Waals surface area contributed by atoms with Crippen molar-refractivity contribution in [3.63, 3.8) is 0 Å². The molecule has 0 radical (unpaired) electrons. The summed E-state index contributed by atoms with van der Waals surface area (Å²) < 4.78 is 5.67. The first-order valence-electron chi connectivity index (χ1n) is 11.1. The van der Waals surface area contributed by atoms with Gasteiger partial charge in [0.15, 0.2) is 11.9 Å². The van der Waals surface area contributed by atoms with Crippen molar-refractivity contribution in [2.45, 2.75) is 38.7 Å². The van der Waals surface area contributed by atoms with Crippen LogP contribution in [0.15, 0.2) is 54.6 Å². The Balaban J connectivity index is 1.36. The van der Waals surface area contributed by atoms with Gasteiger partial charge in [0.2, 0.25) is 0 Å². The van der Waals surface area contributed by atoms with Crippen LogP contribution in [0.25, 0.3) is 11.3 Å². The Morgan fingerprint density at radius 3 is 2.33 bits per heavy atom. The largest absolute Gasteiger partial charge is 0.479 e. The highest BCUT2D eigenvalue weighted by Gasteiger charge is 2.17. The molecule has 0 bridgehead atoms. The van der Waals surface area contributed by atoms with Gasteiger partial charge in [0.25, 0.3) is 5.91 Å². The number of carbonyl (C=O) groups is 1. The summed E-state index contributed by atoms with van der Waals surface area (Å²) in [6, 6.07) is 16.4. The third-order valence-electron chi connectivity index (χ3n) is 5.60. The van der Waals surface area contributed by atoms with Gasteiger partial charge in [-0.15, -0.1) is 10.2 Å². The van der Waals surface area contributed by atoms with Crippen molar-refractivity contribution in [3.8, 4) is 17.0 Å². The van der Waals surface area contributed by atoms with E-state index >= 15 is 0 Å². The SMILES string of the molecule is CC(Oc1ccc(Cl)cc1Cl)C(=O)Nc1ccc(-c2ccc(N3CCCCCC3)nn2)cc1. The second-order valence-corrected chi connectivity index (χ2v) is 8.92. The van der Waals surface area contributed by atoms with Crippen LogP contribution in [-0.4, -0.2) is 35.3 Å². The number of ether oxygens (including phenoxy) is 1. The number of halogens is 2. The van der Waals surface area contributed by atoms with E-state index < -0.39 is 6.10 Å². The number of benzene rings is 2. The number of amides is 1. The number of hydrogen-bond acceptors (Lipinski definition) is 5. The normalized spacial score (nSPS) is 14.9. The van der Waals surface area contributed by atoms with Crippen molar-refractivity contribution in [2.75, 3.05) is 23.3 Å². The molecule has 1 unspecified atom stereocenters. The molecule has 1 aromatic heterocycles.